The molecular weight excluding hydrogens is 320 g/mol. The fourth-order valence-electron chi connectivity index (χ4n) is 3.33. The van der Waals surface area contributed by atoms with Gasteiger partial charge in [-0.15, -0.1) is 0 Å². The normalized spacial score (nSPS) is 12.0. The summed E-state index contributed by atoms with van der Waals surface area (Å²) in [5.41, 5.74) is 3.87. The van der Waals surface area contributed by atoms with Gasteiger partial charge in [0.25, 0.3) is 0 Å². The minimum atomic E-state index is -0.0455. The van der Waals surface area contributed by atoms with Gasteiger partial charge in [0, 0.05) is 16.3 Å². The Balaban J connectivity index is 1.93. The maximum Gasteiger partial charge on any atom is 0.159 e. The molecule has 0 radical (unpaired) electrons. The Morgan fingerprint density at radius 2 is 1.46 bits per heavy atom. The van der Waals surface area contributed by atoms with Crippen molar-refractivity contribution in [1.29, 1.82) is 0 Å². The second-order valence-corrected chi connectivity index (χ2v) is 6.34. The molecule has 26 heavy (non-hydrogen) atoms. The van der Waals surface area contributed by atoms with Gasteiger partial charge in [-0.1, -0.05) is 78.9 Å². The van der Waals surface area contributed by atoms with Crippen LogP contribution in [0.5, 0.6) is 0 Å². The van der Waals surface area contributed by atoms with Crippen molar-refractivity contribution in [3.8, 4) is 0 Å². The highest BCUT2D eigenvalue weighted by molar-refractivity contribution is 5.94. The van der Waals surface area contributed by atoms with Crippen molar-refractivity contribution in [2.45, 2.75) is 12.8 Å². The van der Waals surface area contributed by atoms with Gasteiger partial charge >= 0.3 is 0 Å². The number of rotatable bonds is 4. The molecule has 0 spiro atoms. The van der Waals surface area contributed by atoms with Crippen LogP contribution in [0, 0.1) is 0 Å². The van der Waals surface area contributed by atoms with E-state index in [1.807, 2.05) is 54.6 Å². The highest BCUT2D eigenvalue weighted by Gasteiger charge is 2.21. The van der Waals surface area contributed by atoms with E-state index >= 15 is 0 Å². The second-order valence-electron chi connectivity index (χ2n) is 6.34. The lowest BCUT2D eigenvalue weighted by molar-refractivity contribution is 0.101. The van der Waals surface area contributed by atoms with Crippen molar-refractivity contribution < 1.29 is 4.79 Å². The van der Waals surface area contributed by atoms with E-state index in [1.54, 1.807) is 13.1 Å². The van der Waals surface area contributed by atoms with Gasteiger partial charge < -0.3 is 0 Å². The molecule has 126 valence electrons. The van der Waals surface area contributed by atoms with Crippen LogP contribution in [0.25, 0.3) is 10.8 Å². The van der Waals surface area contributed by atoms with E-state index in [4.69, 9.17) is 0 Å². The Morgan fingerprint density at radius 3 is 2.19 bits per heavy atom. The highest BCUT2D eigenvalue weighted by atomic mass is 16.1. The first kappa shape index (κ1) is 16.2. The van der Waals surface area contributed by atoms with Crippen molar-refractivity contribution in [3.63, 3.8) is 0 Å². The lowest BCUT2D eigenvalue weighted by Crippen LogP contribution is -2.08. The van der Waals surface area contributed by atoms with Gasteiger partial charge in [-0.2, -0.15) is 10.2 Å². The van der Waals surface area contributed by atoms with Crippen LogP contribution in [0.2, 0.25) is 0 Å². The molecule has 1 aromatic heterocycles. The molecular formula is C23H18N2O. The molecule has 1 atom stereocenters. The Hall–Kier alpha value is -3.33. The Labute approximate surface area is 152 Å². The first-order valence-corrected chi connectivity index (χ1v) is 8.60. The van der Waals surface area contributed by atoms with E-state index in [0.717, 1.165) is 27.6 Å². The molecule has 3 heteroatoms. The molecule has 0 aliphatic carbocycles. The Morgan fingerprint density at radius 1 is 0.808 bits per heavy atom. The molecule has 3 aromatic carbocycles. The van der Waals surface area contributed by atoms with Gasteiger partial charge in [-0.25, -0.2) is 0 Å². The summed E-state index contributed by atoms with van der Waals surface area (Å²) in [7, 11) is 0. The lowest BCUT2D eigenvalue weighted by Gasteiger charge is -2.19. The van der Waals surface area contributed by atoms with Gasteiger partial charge in [-0.05, 0) is 18.1 Å². The summed E-state index contributed by atoms with van der Waals surface area (Å²) in [6, 6.07) is 26.2. The van der Waals surface area contributed by atoms with E-state index in [2.05, 4.69) is 34.5 Å². The summed E-state index contributed by atoms with van der Waals surface area (Å²) in [6.45, 7) is 1.58. The number of nitrogens with zero attached hydrogens (tertiary/aromatic N) is 2. The van der Waals surface area contributed by atoms with Crippen LogP contribution in [-0.2, 0) is 0 Å². The summed E-state index contributed by atoms with van der Waals surface area (Å²) in [6.07, 6.45) is 1.79. The molecule has 1 unspecified atom stereocenters. The molecule has 0 aliphatic heterocycles. The molecule has 0 aliphatic rings. The van der Waals surface area contributed by atoms with E-state index in [9.17, 15) is 4.79 Å². The number of hydrogen-bond donors (Lipinski definition) is 0. The van der Waals surface area contributed by atoms with E-state index in [1.165, 1.54) is 0 Å². The molecule has 1 heterocycles. The average molecular weight is 338 g/mol. The standard InChI is InChI=1S/C23H18N2O/c1-16(26)17-11-13-19(14-12-17)22(18-7-3-2-4-8-18)23-21-10-6-5-9-20(21)15-24-25-23/h2-15,22H,1H3. The third-order valence-corrected chi connectivity index (χ3v) is 4.66. The predicted molar refractivity (Wildman–Crippen MR) is 103 cm³/mol. The summed E-state index contributed by atoms with van der Waals surface area (Å²) < 4.78 is 0. The van der Waals surface area contributed by atoms with E-state index < -0.39 is 0 Å². The summed E-state index contributed by atoms with van der Waals surface area (Å²) in [5.74, 6) is 0.0218. The van der Waals surface area contributed by atoms with Crippen LogP contribution in [0.4, 0.5) is 0 Å². The van der Waals surface area contributed by atoms with Gasteiger partial charge in [0.15, 0.2) is 5.78 Å². The number of Topliss-reactive ketones (excluding diaryl/α,β-unsaturated/α-hetero) is 1. The van der Waals surface area contributed by atoms with Gasteiger partial charge in [0.05, 0.1) is 17.8 Å². The summed E-state index contributed by atoms with van der Waals surface area (Å²) >= 11 is 0. The number of aromatic nitrogens is 2. The average Bonchev–Trinajstić information content (AvgIpc) is 2.70. The van der Waals surface area contributed by atoms with Gasteiger partial charge in [0.2, 0.25) is 0 Å². The maximum absolute atomic E-state index is 11.6. The van der Waals surface area contributed by atoms with Crippen LogP contribution in [-0.4, -0.2) is 16.0 Å². The molecule has 0 saturated carbocycles. The fourth-order valence-corrected chi connectivity index (χ4v) is 3.33. The lowest BCUT2D eigenvalue weighted by atomic mass is 9.86. The SMILES string of the molecule is CC(=O)c1ccc(C(c2ccccc2)c2nncc3ccccc23)cc1. The van der Waals surface area contributed by atoms with Crippen LogP contribution < -0.4 is 0 Å². The second kappa shape index (κ2) is 6.89. The van der Waals surface area contributed by atoms with Crippen molar-refractivity contribution >= 4 is 16.6 Å². The minimum Gasteiger partial charge on any atom is -0.295 e. The maximum atomic E-state index is 11.6. The fraction of sp³-hybridized carbons (Fsp3) is 0.0870. The third-order valence-electron chi connectivity index (χ3n) is 4.66. The van der Waals surface area contributed by atoms with Gasteiger partial charge in [0.1, 0.15) is 0 Å². The predicted octanol–water partition coefficient (Wildman–Crippen LogP) is 5.01. The zero-order chi connectivity index (χ0) is 17.9. The zero-order valence-corrected chi connectivity index (χ0v) is 14.5. The molecule has 0 amide bonds. The number of fused-ring (bicyclic) bond motifs is 1. The summed E-state index contributed by atoms with van der Waals surface area (Å²) in [5, 5.41) is 10.9. The van der Waals surface area contributed by atoms with Crippen molar-refractivity contribution in [1.82, 2.24) is 10.2 Å². The van der Waals surface area contributed by atoms with Crippen molar-refractivity contribution in [2.24, 2.45) is 0 Å². The quantitative estimate of drug-likeness (QED) is 0.491. The van der Waals surface area contributed by atoms with Crippen LogP contribution >= 0.6 is 0 Å². The number of benzene rings is 3. The van der Waals surface area contributed by atoms with E-state index in [0.29, 0.717) is 5.56 Å². The first-order chi connectivity index (χ1) is 12.7. The van der Waals surface area contributed by atoms with Crippen LogP contribution in [0.1, 0.15) is 40.0 Å². The molecule has 0 saturated heterocycles. The third kappa shape index (κ3) is 3.00. The molecule has 0 bridgehead atoms. The smallest absolute Gasteiger partial charge is 0.159 e. The first-order valence-electron chi connectivity index (χ1n) is 8.60. The zero-order valence-electron chi connectivity index (χ0n) is 14.5. The number of carbonyl (C=O) groups is 1. The van der Waals surface area contributed by atoms with Crippen LogP contribution in [0.3, 0.4) is 0 Å². The molecule has 0 fully saturated rings. The van der Waals surface area contributed by atoms with Gasteiger partial charge in [-0.3, -0.25) is 4.79 Å². The van der Waals surface area contributed by atoms with E-state index in [-0.39, 0.29) is 11.7 Å². The number of hydrogen-bond acceptors (Lipinski definition) is 3. The molecule has 4 aromatic rings. The van der Waals surface area contributed by atoms with Crippen molar-refractivity contribution in [3.05, 3.63) is 107 Å². The molecule has 0 N–H and O–H groups in total. The highest BCUT2D eigenvalue weighted by Crippen LogP contribution is 2.34. The topological polar surface area (TPSA) is 42.9 Å². The molecule has 3 nitrogen and oxygen atoms in total. The monoisotopic (exact) mass is 338 g/mol. The number of carbonyl (C=O) groups excluding carboxylic acids is 1. The van der Waals surface area contributed by atoms with Crippen molar-refractivity contribution in [2.75, 3.05) is 0 Å². The number of ketones is 1. The summed E-state index contributed by atoms with van der Waals surface area (Å²) in [4.78, 5) is 11.6. The largest absolute Gasteiger partial charge is 0.295 e. The van der Waals surface area contributed by atoms with Crippen LogP contribution in [0.15, 0.2) is 85.1 Å². The molecule has 4 rings (SSSR count). The minimum absolute atomic E-state index is 0.0455. The Kier molecular flexibility index (Phi) is 4.28. The Bertz CT molecular complexity index is 1050.